The number of rotatable bonds is 4. The second kappa shape index (κ2) is 6.68. The van der Waals surface area contributed by atoms with Gasteiger partial charge in [0.15, 0.2) is 0 Å². The Labute approximate surface area is 114 Å². The Bertz CT molecular complexity index is 408. The Morgan fingerprint density at radius 1 is 1.47 bits per heavy atom. The second-order valence-electron chi connectivity index (χ2n) is 5.10. The molecule has 0 spiro atoms. The van der Waals surface area contributed by atoms with E-state index in [1.165, 1.54) is 0 Å². The van der Waals surface area contributed by atoms with Gasteiger partial charge in [-0.2, -0.15) is 0 Å². The van der Waals surface area contributed by atoms with Crippen LogP contribution in [0.5, 0.6) is 0 Å². The Hall–Kier alpha value is -1.39. The molecule has 19 heavy (non-hydrogen) atoms. The van der Waals surface area contributed by atoms with Crippen molar-refractivity contribution >= 4 is 5.91 Å². The van der Waals surface area contributed by atoms with Gasteiger partial charge in [-0.15, -0.1) is 0 Å². The Kier molecular flexibility index (Phi) is 4.93. The van der Waals surface area contributed by atoms with E-state index in [0.717, 1.165) is 25.0 Å². The average molecular weight is 262 g/mol. The Balaban J connectivity index is 2.10. The molecule has 0 bridgehead atoms. The zero-order chi connectivity index (χ0) is 13.7. The highest BCUT2D eigenvalue weighted by Gasteiger charge is 2.33. The molecule has 4 heteroatoms. The van der Waals surface area contributed by atoms with Crippen molar-refractivity contribution in [3.63, 3.8) is 0 Å². The fourth-order valence-electron chi connectivity index (χ4n) is 2.43. The predicted octanol–water partition coefficient (Wildman–Crippen LogP) is 1.62. The lowest BCUT2D eigenvalue weighted by molar-refractivity contribution is -0.135. The number of nitrogens with one attached hydrogen (secondary N) is 1. The fourth-order valence-corrected chi connectivity index (χ4v) is 2.43. The molecular formula is C15H22N2O2. The van der Waals surface area contributed by atoms with Gasteiger partial charge in [-0.1, -0.05) is 30.3 Å². The molecule has 3 atom stereocenters. The first kappa shape index (κ1) is 14.0. The summed E-state index contributed by atoms with van der Waals surface area (Å²) in [4.78, 5) is 12.3. The monoisotopic (exact) mass is 262 g/mol. The molecule has 1 fully saturated rings. The minimum atomic E-state index is -0.139. The topological polar surface area (TPSA) is 64.3 Å². The van der Waals surface area contributed by atoms with Crippen LogP contribution in [0, 0.1) is 5.92 Å². The average Bonchev–Trinajstić information content (AvgIpc) is 2.48. The van der Waals surface area contributed by atoms with E-state index >= 15 is 0 Å². The van der Waals surface area contributed by atoms with Crippen molar-refractivity contribution < 1.29 is 9.53 Å². The van der Waals surface area contributed by atoms with E-state index in [1.54, 1.807) is 0 Å². The maximum absolute atomic E-state index is 12.3. The van der Waals surface area contributed by atoms with Crippen LogP contribution in [-0.4, -0.2) is 25.1 Å². The van der Waals surface area contributed by atoms with Crippen LogP contribution in [-0.2, 0) is 9.53 Å². The summed E-state index contributed by atoms with van der Waals surface area (Å²) in [7, 11) is 0. The van der Waals surface area contributed by atoms with Gasteiger partial charge < -0.3 is 15.8 Å². The third-order valence-electron chi connectivity index (χ3n) is 3.53. The van der Waals surface area contributed by atoms with Gasteiger partial charge in [-0.05, 0) is 25.3 Å². The predicted molar refractivity (Wildman–Crippen MR) is 74.5 cm³/mol. The lowest BCUT2D eigenvalue weighted by Gasteiger charge is -2.32. The van der Waals surface area contributed by atoms with Crippen molar-refractivity contribution in [2.45, 2.75) is 31.9 Å². The van der Waals surface area contributed by atoms with Gasteiger partial charge in [0.05, 0.1) is 12.0 Å². The molecule has 1 aromatic carbocycles. The van der Waals surface area contributed by atoms with E-state index < -0.39 is 0 Å². The molecule has 0 radical (unpaired) electrons. The number of amides is 1. The zero-order valence-electron chi connectivity index (χ0n) is 11.3. The van der Waals surface area contributed by atoms with Crippen LogP contribution in [0.1, 0.15) is 31.4 Å². The molecule has 1 amide bonds. The van der Waals surface area contributed by atoms with Gasteiger partial charge >= 0.3 is 0 Å². The van der Waals surface area contributed by atoms with Crippen LogP contribution in [0.3, 0.4) is 0 Å². The molecule has 4 nitrogen and oxygen atoms in total. The zero-order valence-corrected chi connectivity index (χ0v) is 11.3. The summed E-state index contributed by atoms with van der Waals surface area (Å²) in [5.41, 5.74) is 6.62. The molecule has 3 N–H and O–H groups in total. The molecule has 1 aliphatic rings. The minimum Gasteiger partial charge on any atom is -0.373 e. The van der Waals surface area contributed by atoms with Crippen molar-refractivity contribution in [2.24, 2.45) is 11.7 Å². The van der Waals surface area contributed by atoms with Gasteiger partial charge in [0, 0.05) is 19.2 Å². The molecule has 1 heterocycles. The van der Waals surface area contributed by atoms with Crippen molar-refractivity contribution in [1.82, 2.24) is 5.32 Å². The van der Waals surface area contributed by atoms with Gasteiger partial charge in [0.1, 0.15) is 0 Å². The van der Waals surface area contributed by atoms with E-state index in [9.17, 15) is 4.79 Å². The van der Waals surface area contributed by atoms with E-state index in [4.69, 9.17) is 10.5 Å². The maximum atomic E-state index is 12.3. The first-order chi connectivity index (χ1) is 9.22. The molecule has 3 unspecified atom stereocenters. The number of benzene rings is 1. The van der Waals surface area contributed by atoms with Crippen molar-refractivity contribution in [1.29, 1.82) is 0 Å². The standard InChI is InChI=1S/C15H22N2O2/c1-11(10-16)17-15(18)13-8-5-9-19-14(13)12-6-3-2-4-7-12/h2-4,6-7,11,13-14H,5,8-10,16H2,1H3,(H,17,18). The molecule has 1 saturated heterocycles. The lowest BCUT2D eigenvalue weighted by Crippen LogP contribution is -2.44. The molecule has 1 aromatic rings. The highest BCUT2D eigenvalue weighted by atomic mass is 16.5. The van der Waals surface area contributed by atoms with Crippen molar-refractivity contribution in [3.8, 4) is 0 Å². The van der Waals surface area contributed by atoms with Gasteiger partial charge in [0.2, 0.25) is 5.91 Å². The van der Waals surface area contributed by atoms with E-state index in [2.05, 4.69) is 5.32 Å². The molecule has 1 aliphatic heterocycles. The second-order valence-corrected chi connectivity index (χ2v) is 5.10. The number of ether oxygens (including phenoxy) is 1. The summed E-state index contributed by atoms with van der Waals surface area (Å²) in [6.45, 7) is 3.09. The van der Waals surface area contributed by atoms with Gasteiger partial charge in [0.25, 0.3) is 0 Å². The van der Waals surface area contributed by atoms with Crippen LogP contribution in [0.25, 0.3) is 0 Å². The van der Waals surface area contributed by atoms with E-state index in [1.807, 2.05) is 37.3 Å². The summed E-state index contributed by atoms with van der Waals surface area (Å²) in [5, 5.41) is 2.96. The van der Waals surface area contributed by atoms with Crippen LogP contribution >= 0.6 is 0 Å². The number of hydrogen-bond donors (Lipinski definition) is 2. The first-order valence-electron chi connectivity index (χ1n) is 6.89. The minimum absolute atomic E-state index is 0.00542. The molecule has 0 saturated carbocycles. The van der Waals surface area contributed by atoms with Crippen molar-refractivity contribution in [3.05, 3.63) is 35.9 Å². The quantitative estimate of drug-likeness (QED) is 0.866. The van der Waals surface area contributed by atoms with Gasteiger partial charge in [-0.25, -0.2) is 0 Å². The number of nitrogens with two attached hydrogens (primary N) is 1. The summed E-state index contributed by atoms with van der Waals surface area (Å²) in [6, 6.07) is 9.96. The molecule has 2 rings (SSSR count). The lowest BCUT2D eigenvalue weighted by atomic mass is 9.88. The SMILES string of the molecule is CC(CN)NC(=O)C1CCCOC1c1ccccc1. The Morgan fingerprint density at radius 2 is 2.21 bits per heavy atom. The van der Waals surface area contributed by atoms with Gasteiger partial charge in [-0.3, -0.25) is 4.79 Å². The van der Waals surface area contributed by atoms with Crippen LogP contribution in [0.4, 0.5) is 0 Å². The molecule has 104 valence electrons. The van der Waals surface area contributed by atoms with Crippen LogP contribution in [0.2, 0.25) is 0 Å². The summed E-state index contributed by atoms with van der Waals surface area (Å²) < 4.78 is 5.82. The normalized spacial score (nSPS) is 24.7. The third kappa shape index (κ3) is 3.55. The van der Waals surface area contributed by atoms with E-state index in [0.29, 0.717) is 6.54 Å². The van der Waals surface area contributed by atoms with Crippen molar-refractivity contribution in [2.75, 3.05) is 13.2 Å². The highest BCUT2D eigenvalue weighted by molar-refractivity contribution is 5.79. The largest absolute Gasteiger partial charge is 0.373 e. The molecular weight excluding hydrogens is 240 g/mol. The first-order valence-corrected chi connectivity index (χ1v) is 6.89. The summed E-state index contributed by atoms with van der Waals surface area (Å²) in [6.07, 6.45) is 1.65. The number of carbonyl (C=O) groups is 1. The molecule has 0 aromatic heterocycles. The summed E-state index contributed by atoms with van der Waals surface area (Å²) >= 11 is 0. The fraction of sp³-hybridized carbons (Fsp3) is 0.533. The number of carbonyl (C=O) groups excluding carboxylic acids is 1. The number of hydrogen-bond acceptors (Lipinski definition) is 3. The molecule has 0 aliphatic carbocycles. The van der Waals surface area contributed by atoms with E-state index in [-0.39, 0.29) is 24.0 Å². The smallest absolute Gasteiger partial charge is 0.226 e. The highest BCUT2D eigenvalue weighted by Crippen LogP contribution is 2.33. The summed E-state index contributed by atoms with van der Waals surface area (Å²) in [5.74, 6) is -0.0725. The van der Waals surface area contributed by atoms with Crippen LogP contribution < -0.4 is 11.1 Å². The Morgan fingerprint density at radius 3 is 2.89 bits per heavy atom. The maximum Gasteiger partial charge on any atom is 0.226 e. The third-order valence-corrected chi connectivity index (χ3v) is 3.53. The van der Waals surface area contributed by atoms with Crippen LogP contribution in [0.15, 0.2) is 30.3 Å².